The van der Waals surface area contributed by atoms with Gasteiger partial charge in [0.25, 0.3) is 5.60 Å². The molecule has 0 unspecified atom stereocenters. The molecule has 3 nitrogen and oxygen atoms in total. The van der Waals surface area contributed by atoms with Gasteiger partial charge in [-0.3, -0.25) is 0 Å². The van der Waals surface area contributed by atoms with E-state index in [4.69, 9.17) is 4.74 Å². The van der Waals surface area contributed by atoms with Crippen molar-refractivity contribution in [3.63, 3.8) is 0 Å². The van der Waals surface area contributed by atoms with Crippen LogP contribution in [0.3, 0.4) is 0 Å². The van der Waals surface area contributed by atoms with Crippen LogP contribution in [0.5, 0.6) is 0 Å². The number of carbonyl (C=O) groups is 1. The van der Waals surface area contributed by atoms with Crippen molar-refractivity contribution in [1.82, 2.24) is 0 Å². The fourth-order valence-corrected chi connectivity index (χ4v) is 2.34. The van der Waals surface area contributed by atoms with E-state index in [0.29, 0.717) is 0 Å². The van der Waals surface area contributed by atoms with Crippen LogP contribution in [0.25, 0.3) is 0 Å². The molecular weight excluding hydrogens is 309 g/mol. The van der Waals surface area contributed by atoms with Crippen molar-refractivity contribution in [2.45, 2.75) is 44.9 Å². The first-order chi connectivity index (χ1) is 10.8. The smallest absolute Gasteiger partial charge is 0.432 e. The molecule has 130 valence electrons. The normalized spacial score (nSPS) is 15.7. The number of halogens is 3. The maximum absolute atomic E-state index is 13.6. The highest BCUT2D eigenvalue weighted by atomic mass is 19.4. The number of ether oxygens (including phenoxy) is 2. The number of esters is 1. The van der Waals surface area contributed by atoms with E-state index < -0.39 is 17.7 Å². The van der Waals surface area contributed by atoms with Crippen LogP contribution in [-0.4, -0.2) is 25.9 Å². The third-order valence-corrected chi connectivity index (χ3v) is 3.72. The third kappa shape index (κ3) is 4.47. The monoisotopic (exact) mass is 332 g/mol. The highest BCUT2D eigenvalue weighted by Crippen LogP contribution is 2.43. The molecule has 23 heavy (non-hydrogen) atoms. The minimum Gasteiger partial charge on any atom is -0.463 e. The molecule has 0 radical (unpaired) electrons. The zero-order valence-electron chi connectivity index (χ0n) is 13.7. The van der Waals surface area contributed by atoms with E-state index >= 15 is 0 Å². The van der Waals surface area contributed by atoms with Gasteiger partial charge in [-0.25, -0.2) is 4.79 Å². The predicted molar refractivity (Wildman–Crippen MR) is 80.8 cm³/mol. The molecule has 2 atom stereocenters. The van der Waals surface area contributed by atoms with E-state index in [-0.39, 0.29) is 18.1 Å². The minimum atomic E-state index is -4.92. The molecule has 0 aliphatic carbocycles. The van der Waals surface area contributed by atoms with Crippen molar-refractivity contribution in [1.29, 1.82) is 0 Å². The number of alkyl halides is 3. The fourth-order valence-electron chi connectivity index (χ4n) is 2.34. The average molecular weight is 332 g/mol. The second-order valence-electron chi connectivity index (χ2n) is 5.59. The van der Waals surface area contributed by atoms with Crippen molar-refractivity contribution in [2.24, 2.45) is 5.92 Å². The zero-order valence-corrected chi connectivity index (χ0v) is 13.7. The van der Waals surface area contributed by atoms with Crippen LogP contribution >= 0.6 is 0 Å². The Kier molecular flexibility index (Phi) is 7.06. The lowest BCUT2D eigenvalue weighted by molar-refractivity contribution is -0.276. The van der Waals surface area contributed by atoms with E-state index in [1.165, 1.54) is 24.3 Å². The Bertz CT molecular complexity index is 488. The van der Waals surface area contributed by atoms with Crippen LogP contribution in [0.15, 0.2) is 30.3 Å². The van der Waals surface area contributed by atoms with Gasteiger partial charge in [0.15, 0.2) is 0 Å². The number of carbonyl (C=O) groups excluding carboxylic acids is 1. The summed E-state index contributed by atoms with van der Waals surface area (Å²) < 4.78 is 50.5. The van der Waals surface area contributed by atoms with Crippen molar-refractivity contribution < 1.29 is 27.4 Å². The molecule has 0 aromatic heterocycles. The Labute approximate surface area is 134 Å². The largest absolute Gasteiger partial charge is 0.463 e. The quantitative estimate of drug-likeness (QED) is 0.659. The van der Waals surface area contributed by atoms with Crippen LogP contribution in [0.4, 0.5) is 13.2 Å². The summed E-state index contributed by atoms with van der Waals surface area (Å²) >= 11 is 0. The van der Waals surface area contributed by atoms with Gasteiger partial charge in [0.05, 0.1) is 6.61 Å². The molecule has 0 spiro atoms. The standard InChI is InChI=1S/C17H23F3O3/c1-4-5-9-13(2)12-23-15(21)16(22-3,17(18,19)20)14-10-7-6-8-11-14/h6-8,10-11,13H,4-5,9,12H2,1-3H3/t13-,16+/m1/s1. The number of benzene rings is 1. The van der Waals surface area contributed by atoms with Crippen molar-refractivity contribution in [3.05, 3.63) is 35.9 Å². The van der Waals surface area contributed by atoms with Crippen molar-refractivity contribution in [3.8, 4) is 0 Å². The van der Waals surface area contributed by atoms with E-state index in [9.17, 15) is 18.0 Å². The Morgan fingerprint density at radius 3 is 2.30 bits per heavy atom. The molecule has 0 aliphatic rings. The summed E-state index contributed by atoms with van der Waals surface area (Å²) in [5.74, 6) is -1.43. The number of methoxy groups -OCH3 is 1. The molecule has 0 amide bonds. The second-order valence-corrected chi connectivity index (χ2v) is 5.59. The topological polar surface area (TPSA) is 35.5 Å². The first-order valence-electron chi connectivity index (χ1n) is 7.64. The summed E-state index contributed by atoms with van der Waals surface area (Å²) in [4.78, 5) is 12.3. The van der Waals surface area contributed by atoms with Crippen LogP contribution in [0.2, 0.25) is 0 Å². The van der Waals surface area contributed by atoms with Crippen molar-refractivity contribution >= 4 is 5.97 Å². The zero-order chi connectivity index (χ0) is 17.5. The molecule has 0 fully saturated rings. The summed E-state index contributed by atoms with van der Waals surface area (Å²) in [6.45, 7) is 3.80. The third-order valence-electron chi connectivity index (χ3n) is 3.72. The molecule has 0 N–H and O–H groups in total. The Morgan fingerprint density at radius 1 is 1.22 bits per heavy atom. The van der Waals surface area contributed by atoms with Crippen LogP contribution in [0.1, 0.15) is 38.7 Å². The number of hydrogen-bond donors (Lipinski definition) is 0. The number of unbranched alkanes of at least 4 members (excludes halogenated alkanes) is 1. The van der Waals surface area contributed by atoms with Gasteiger partial charge in [-0.15, -0.1) is 0 Å². The highest BCUT2D eigenvalue weighted by molar-refractivity contribution is 5.82. The van der Waals surface area contributed by atoms with Gasteiger partial charge in [-0.2, -0.15) is 13.2 Å². The summed E-state index contributed by atoms with van der Waals surface area (Å²) in [5.41, 5.74) is -3.39. The molecular formula is C17H23F3O3. The maximum atomic E-state index is 13.6. The van der Waals surface area contributed by atoms with Gasteiger partial charge in [0.2, 0.25) is 0 Å². The molecule has 0 saturated carbocycles. The fraction of sp³-hybridized carbons (Fsp3) is 0.588. The highest BCUT2D eigenvalue weighted by Gasteiger charge is 2.64. The summed E-state index contributed by atoms with van der Waals surface area (Å²) in [5, 5.41) is 0. The second kappa shape index (κ2) is 8.34. The van der Waals surface area contributed by atoms with E-state index in [0.717, 1.165) is 26.4 Å². The predicted octanol–water partition coefficient (Wildman–Crippen LogP) is 4.46. The molecule has 0 bridgehead atoms. The molecule has 6 heteroatoms. The van der Waals surface area contributed by atoms with Crippen LogP contribution in [0, 0.1) is 5.92 Å². The average Bonchev–Trinajstić information content (AvgIpc) is 2.51. The lowest BCUT2D eigenvalue weighted by atomic mass is 9.92. The van der Waals surface area contributed by atoms with Crippen LogP contribution in [-0.2, 0) is 19.9 Å². The molecule has 0 saturated heterocycles. The summed E-state index contributed by atoms with van der Waals surface area (Å²) in [6, 6.07) is 6.83. The summed E-state index contributed by atoms with van der Waals surface area (Å²) in [6.07, 6.45) is -2.22. The first kappa shape index (κ1) is 19.5. The minimum absolute atomic E-state index is 0.00235. The lowest BCUT2D eigenvalue weighted by Gasteiger charge is -2.32. The molecule has 0 heterocycles. The maximum Gasteiger partial charge on any atom is 0.432 e. The van der Waals surface area contributed by atoms with Gasteiger partial charge < -0.3 is 9.47 Å². The van der Waals surface area contributed by atoms with Crippen LogP contribution < -0.4 is 0 Å². The Balaban J connectivity index is 3.00. The Hall–Kier alpha value is -1.56. The van der Waals surface area contributed by atoms with E-state index in [1.54, 1.807) is 6.07 Å². The van der Waals surface area contributed by atoms with Gasteiger partial charge in [0, 0.05) is 12.7 Å². The van der Waals surface area contributed by atoms with Gasteiger partial charge in [-0.05, 0) is 12.3 Å². The molecule has 1 aromatic rings. The van der Waals surface area contributed by atoms with Crippen molar-refractivity contribution in [2.75, 3.05) is 13.7 Å². The molecule has 1 aromatic carbocycles. The SMILES string of the molecule is CCCC[C@@H](C)COC(=O)[C@@](OC)(c1ccccc1)C(F)(F)F. The number of hydrogen-bond acceptors (Lipinski definition) is 3. The molecule has 1 rings (SSSR count). The summed E-state index contributed by atoms with van der Waals surface area (Å²) in [7, 11) is 0.863. The molecule has 0 aliphatic heterocycles. The first-order valence-corrected chi connectivity index (χ1v) is 7.64. The Morgan fingerprint density at radius 2 is 1.83 bits per heavy atom. The van der Waals surface area contributed by atoms with E-state index in [2.05, 4.69) is 4.74 Å². The van der Waals surface area contributed by atoms with E-state index in [1.807, 2.05) is 13.8 Å². The van der Waals surface area contributed by atoms with Gasteiger partial charge >= 0.3 is 12.1 Å². The number of rotatable bonds is 8. The lowest BCUT2D eigenvalue weighted by Crippen LogP contribution is -2.52. The van der Waals surface area contributed by atoms with Gasteiger partial charge in [0.1, 0.15) is 0 Å². The van der Waals surface area contributed by atoms with Gasteiger partial charge in [-0.1, -0.05) is 57.0 Å².